The van der Waals surface area contributed by atoms with Gasteiger partial charge in [-0.15, -0.1) is 0 Å². The maximum Gasteiger partial charge on any atom is 0.253 e. The maximum absolute atomic E-state index is 12.0. The van der Waals surface area contributed by atoms with Crippen molar-refractivity contribution in [3.8, 4) is 0 Å². The Labute approximate surface area is 116 Å². The van der Waals surface area contributed by atoms with Crippen molar-refractivity contribution in [2.45, 2.75) is 18.4 Å². The predicted octanol–water partition coefficient (Wildman–Crippen LogP) is 3.02. The zero-order valence-electron chi connectivity index (χ0n) is 10.2. The van der Waals surface area contributed by atoms with Crippen LogP contribution in [0.1, 0.15) is 28.3 Å². The molecule has 96 valence electrons. The van der Waals surface area contributed by atoms with Gasteiger partial charge in [0.05, 0.1) is 5.56 Å². The summed E-state index contributed by atoms with van der Waals surface area (Å²) < 4.78 is 0. The highest BCUT2D eigenvalue weighted by Crippen LogP contribution is 2.41. The molecule has 2 aromatic rings. The number of nitrogens with one attached hydrogen (secondary N) is 1. The van der Waals surface area contributed by atoms with Gasteiger partial charge in [-0.25, -0.2) is 0 Å². The molecule has 0 aliphatic heterocycles. The number of nitrogens with zero attached hydrogens (tertiary/aromatic N) is 1. The quantitative estimate of drug-likeness (QED) is 0.933. The molecule has 19 heavy (non-hydrogen) atoms. The molecule has 1 amide bonds. The molecular formula is C15H13ClN2O. The third-order valence-corrected chi connectivity index (χ3v) is 3.54. The van der Waals surface area contributed by atoms with E-state index in [4.69, 9.17) is 11.6 Å². The second kappa shape index (κ2) is 5.02. The highest BCUT2D eigenvalue weighted by atomic mass is 35.5. The smallest absolute Gasteiger partial charge is 0.253 e. The van der Waals surface area contributed by atoms with Crippen LogP contribution in [0.25, 0.3) is 0 Å². The second-order valence-corrected chi connectivity index (χ2v) is 5.16. The Morgan fingerprint density at radius 2 is 2.21 bits per heavy atom. The van der Waals surface area contributed by atoms with Gasteiger partial charge in [0.1, 0.15) is 0 Å². The van der Waals surface area contributed by atoms with E-state index in [1.165, 1.54) is 5.56 Å². The summed E-state index contributed by atoms with van der Waals surface area (Å²) in [4.78, 5) is 15.9. The number of rotatable bonds is 3. The van der Waals surface area contributed by atoms with Crippen LogP contribution in [0.5, 0.6) is 0 Å². The lowest BCUT2D eigenvalue weighted by Gasteiger charge is -2.04. The van der Waals surface area contributed by atoms with Gasteiger partial charge in [0.25, 0.3) is 5.91 Å². The Hall–Kier alpha value is -1.87. The van der Waals surface area contributed by atoms with Crippen LogP contribution in [0.15, 0.2) is 48.8 Å². The summed E-state index contributed by atoms with van der Waals surface area (Å²) in [5.74, 6) is 0.307. The summed E-state index contributed by atoms with van der Waals surface area (Å²) in [6, 6.07) is 11.5. The van der Waals surface area contributed by atoms with Gasteiger partial charge < -0.3 is 5.32 Å². The number of carbonyl (C=O) groups excluding carboxylic acids is 1. The Bertz CT molecular complexity index is 600. The highest BCUT2D eigenvalue weighted by Gasteiger charge is 2.39. The van der Waals surface area contributed by atoms with Gasteiger partial charge in [0, 0.05) is 29.4 Å². The van der Waals surface area contributed by atoms with Gasteiger partial charge in [0.2, 0.25) is 0 Å². The van der Waals surface area contributed by atoms with E-state index >= 15 is 0 Å². The molecule has 1 fully saturated rings. The zero-order chi connectivity index (χ0) is 13.2. The second-order valence-electron chi connectivity index (χ2n) is 4.72. The van der Waals surface area contributed by atoms with Crippen LogP contribution < -0.4 is 5.32 Å². The average Bonchev–Trinajstić information content (AvgIpc) is 3.19. The largest absolute Gasteiger partial charge is 0.349 e. The van der Waals surface area contributed by atoms with Crippen molar-refractivity contribution in [1.29, 1.82) is 0 Å². The van der Waals surface area contributed by atoms with Gasteiger partial charge in [-0.3, -0.25) is 9.78 Å². The number of pyridine rings is 1. The van der Waals surface area contributed by atoms with E-state index in [0.717, 1.165) is 11.4 Å². The Morgan fingerprint density at radius 1 is 1.32 bits per heavy atom. The van der Waals surface area contributed by atoms with Crippen LogP contribution in [-0.2, 0) is 0 Å². The van der Waals surface area contributed by atoms with Crippen LogP contribution in [0.4, 0.5) is 0 Å². The molecule has 0 radical (unpaired) electrons. The van der Waals surface area contributed by atoms with Crippen molar-refractivity contribution in [3.05, 3.63) is 64.9 Å². The van der Waals surface area contributed by atoms with E-state index in [0.29, 0.717) is 11.5 Å². The van der Waals surface area contributed by atoms with Crippen molar-refractivity contribution in [2.75, 3.05) is 0 Å². The fourth-order valence-electron chi connectivity index (χ4n) is 2.21. The summed E-state index contributed by atoms with van der Waals surface area (Å²) >= 11 is 5.97. The standard InChI is InChI=1S/C15H13ClN2O/c16-12-5-1-3-10(7-12)13-8-14(13)18-15(19)11-4-2-6-17-9-11/h1-7,9,13-14H,8H2,(H,18,19). The molecule has 1 saturated carbocycles. The van der Waals surface area contributed by atoms with Crippen molar-refractivity contribution >= 4 is 17.5 Å². The van der Waals surface area contributed by atoms with E-state index in [1.807, 2.05) is 24.3 Å². The molecular weight excluding hydrogens is 260 g/mol. The number of hydrogen-bond acceptors (Lipinski definition) is 2. The summed E-state index contributed by atoms with van der Waals surface area (Å²) in [5, 5.41) is 3.75. The molecule has 1 aromatic heterocycles. The Balaban J connectivity index is 1.64. The van der Waals surface area contributed by atoms with Crippen molar-refractivity contribution in [3.63, 3.8) is 0 Å². The average molecular weight is 273 g/mol. The molecule has 3 nitrogen and oxygen atoms in total. The minimum atomic E-state index is -0.0670. The van der Waals surface area contributed by atoms with Crippen LogP contribution in [0.3, 0.4) is 0 Å². The first-order chi connectivity index (χ1) is 9.24. The Kier molecular flexibility index (Phi) is 3.22. The van der Waals surface area contributed by atoms with Gasteiger partial charge >= 0.3 is 0 Å². The van der Waals surface area contributed by atoms with E-state index in [1.54, 1.807) is 24.5 Å². The van der Waals surface area contributed by atoms with Gasteiger partial charge in [-0.2, -0.15) is 0 Å². The third kappa shape index (κ3) is 2.76. The first-order valence-electron chi connectivity index (χ1n) is 6.20. The first-order valence-corrected chi connectivity index (χ1v) is 6.58. The number of halogens is 1. The molecule has 1 aromatic carbocycles. The molecule has 0 bridgehead atoms. The van der Waals surface area contributed by atoms with Crippen molar-refractivity contribution in [1.82, 2.24) is 10.3 Å². The molecule has 1 heterocycles. The Morgan fingerprint density at radius 3 is 2.95 bits per heavy atom. The molecule has 0 spiro atoms. The van der Waals surface area contributed by atoms with E-state index in [-0.39, 0.29) is 11.9 Å². The number of carbonyl (C=O) groups is 1. The minimum absolute atomic E-state index is 0.0670. The van der Waals surface area contributed by atoms with Gasteiger partial charge in [-0.1, -0.05) is 23.7 Å². The molecule has 1 aliphatic rings. The third-order valence-electron chi connectivity index (χ3n) is 3.31. The highest BCUT2D eigenvalue weighted by molar-refractivity contribution is 6.30. The number of benzene rings is 1. The molecule has 4 heteroatoms. The zero-order valence-corrected chi connectivity index (χ0v) is 11.0. The van der Waals surface area contributed by atoms with Crippen LogP contribution >= 0.6 is 11.6 Å². The summed E-state index contributed by atoms with van der Waals surface area (Å²) in [6.45, 7) is 0. The first kappa shape index (κ1) is 12.2. The normalized spacial score (nSPS) is 20.9. The molecule has 1 aliphatic carbocycles. The number of hydrogen-bond donors (Lipinski definition) is 1. The van der Waals surface area contributed by atoms with E-state index in [2.05, 4.69) is 10.3 Å². The van der Waals surface area contributed by atoms with E-state index < -0.39 is 0 Å². The van der Waals surface area contributed by atoms with Crippen molar-refractivity contribution < 1.29 is 4.79 Å². The van der Waals surface area contributed by atoms with Crippen LogP contribution in [0.2, 0.25) is 5.02 Å². The molecule has 1 N–H and O–H groups in total. The molecule has 0 saturated heterocycles. The summed E-state index contributed by atoms with van der Waals surface area (Å²) in [6.07, 6.45) is 4.20. The van der Waals surface area contributed by atoms with Gasteiger partial charge in [0.15, 0.2) is 0 Å². The molecule has 2 unspecified atom stereocenters. The molecule has 3 rings (SSSR count). The van der Waals surface area contributed by atoms with Gasteiger partial charge in [-0.05, 0) is 36.2 Å². The van der Waals surface area contributed by atoms with Crippen LogP contribution in [-0.4, -0.2) is 16.9 Å². The van der Waals surface area contributed by atoms with Crippen LogP contribution in [0, 0.1) is 0 Å². The lowest BCUT2D eigenvalue weighted by atomic mass is 10.1. The SMILES string of the molecule is O=C(NC1CC1c1cccc(Cl)c1)c1cccnc1. The number of aromatic nitrogens is 1. The lowest BCUT2D eigenvalue weighted by Crippen LogP contribution is -2.26. The summed E-state index contributed by atoms with van der Waals surface area (Å²) in [7, 11) is 0. The minimum Gasteiger partial charge on any atom is -0.349 e. The summed E-state index contributed by atoms with van der Waals surface area (Å²) in [5.41, 5.74) is 1.78. The number of amides is 1. The predicted molar refractivity (Wildman–Crippen MR) is 74.3 cm³/mol. The monoisotopic (exact) mass is 272 g/mol. The van der Waals surface area contributed by atoms with E-state index in [9.17, 15) is 4.79 Å². The fraction of sp³-hybridized carbons (Fsp3) is 0.200. The maximum atomic E-state index is 12.0. The molecule has 2 atom stereocenters. The fourth-order valence-corrected chi connectivity index (χ4v) is 2.41. The van der Waals surface area contributed by atoms with Crippen molar-refractivity contribution in [2.24, 2.45) is 0 Å². The topological polar surface area (TPSA) is 42.0 Å². The lowest BCUT2D eigenvalue weighted by molar-refractivity contribution is 0.0950.